The molecule has 1 rings (SSSR count). The normalized spacial score (nSPS) is 12.3. The predicted molar refractivity (Wildman–Crippen MR) is 80.9 cm³/mol. The van der Waals surface area contributed by atoms with Gasteiger partial charge in [0.15, 0.2) is 5.96 Å². The van der Waals surface area contributed by atoms with E-state index < -0.39 is 0 Å². The van der Waals surface area contributed by atoms with Gasteiger partial charge in [-0.05, 0) is 32.9 Å². The number of anilines is 1. The molecule has 0 atom stereocenters. The summed E-state index contributed by atoms with van der Waals surface area (Å²) in [5, 5.41) is 6.38. The minimum Gasteiger partial charge on any atom is -0.495 e. The highest BCUT2D eigenvalue weighted by atomic mass is 16.5. The zero-order valence-corrected chi connectivity index (χ0v) is 12.2. The molecule has 5 nitrogen and oxygen atoms in total. The Morgan fingerprint density at radius 3 is 2.63 bits per heavy atom. The van der Waals surface area contributed by atoms with Crippen molar-refractivity contribution in [3.05, 3.63) is 24.3 Å². The second-order valence-corrected chi connectivity index (χ2v) is 5.27. The number of nitrogens with one attached hydrogen (secondary N) is 2. The first kappa shape index (κ1) is 15.3. The molecular formula is C14H24N4O. The predicted octanol–water partition coefficient (Wildman–Crippen LogP) is 1.81. The molecule has 0 heterocycles. The van der Waals surface area contributed by atoms with Gasteiger partial charge in [-0.3, -0.25) is 4.99 Å². The monoisotopic (exact) mass is 264 g/mol. The zero-order chi connectivity index (χ0) is 14.3. The van der Waals surface area contributed by atoms with Crippen molar-refractivity contribution in [1.82, 2.24) is 5.32 Å². The summed E-state index contributed by atoms with van der Waals surface area (Å²) in [7, 11) is 1.63. The summed E-state index contributed by atoms with van der Waals surface area (Å²) in [5.74, 6) is 1.13. The van der Waals surface area contributed by atoms with Crippen LogP contribution in [-0.4, -0.2) is 31.7 Å². The molecule has 0 unspecified atom stereocenters. The van der Waals surface area contributed by atoms with E-state index >= 15 is 0 Å². The zero-order valence-electron chi connectivity index (χ0n) is 12.2. The Hall–Kier alpha value is -1.75. The van der Waals surface area contributed by atoms with Crippen LogP contribution in [0.4, 0.5) is 5.69 Å². The van der Waals surface area contributed by atoms with Crippen molar-refractivity contribution in [2.45, 2.75) is 26.3 Å². The van der Waals surface area contributed by atoms with Gasteiger partial charge in [0.25, 0.3) is 0 Å². The van der Waals surface area contributed by atoms with Gasteiger partial charge in [-0.1, -0.05) is 12.1 Å². The van der Waals surface area contributed by atoms with Crippen LogP contribution < -0.4 is 21.1 Å². The molecule has 19 heavy (non-hydrogen) atoms. The number of guanidine groups is 1. The molecule has 0 aliphatic rings. The van der Waals surface area contributed by atoms with Crippen molar-refractivity contribution in [1.29, 1.82) is 0 Å². The Kier molecular flexibility index (Phi) is 5.63. The van der Waals surface area contributed by atoms with E-state index in [1.807, 2.05) is 24.3 Å². The maximum atomic E-state index is 5.83. The number of methoxy groups -OCH3 is 1. The SMILES string of the molecule is COc1ccccc1NC(N)=NCCNC(C)(C)C. The quantitative estimate of drug-likeness (QED) is 0.431. The topological polar surface area (TPSA) is 71.7 Å². The van der Waals surface area contributed by atoms with Crippen molar-refractivity contribution in [3.63, 3.8) is 0 Å². The first-order valence-electron chi connectivity index (χ1n) is 6.37. The van der Waals surface area contributed by atoms with E-state index in [1.165, 1.54) is 0 Å². The summed E-state index contributed by atoms with van der Waals surface area (Å²) in [5.41, 5.74) is 6.75. The van der Waals surface area contributed by atoms with Crippen LogP contribution in [-0.2, 0) is 0 Å². The maximum Gasteiger partial charge on any atom is 0.193 e. The molecule has 0 saturated heterocycles. The van der Waals surface area contributed by atoms with E-state index in [0.717, 1.165) is 18.0 Å². The first-order valence-corrected chi connectivity index (χ1v) is 6.37. The lowest BCUT2D eigenvalue weighted by Gasteiger charge is -2.19. The fourth-order valence-electron chi connectivity index (χ4n) is 1.53. The third kappa shape index (κ3) is 6.10. The van der Waals surface area contributed by atoms with E-state index in [-0.39, 0.29) is 5.54 Å². The highest BCUT2D eigenvalue weighted by Gasteiger charge is 2.07. The number of hydrogen-bond donors (Lipinski definition) is 3. The van der Waals surface area contributed by atoms with Crippen LogP contribution in [0, 0.1) is 0 Å². The first-order chi connectivity index (χ1) is 8.92. The number of ether oxygens (including phenoxy) is 1. The number of benzene rings is 1. The van der Waals surface area contributed by atoms with Crippen LogP contribution in [0.15, 0.2) is 29.3 Å². The molecule has 1 aromatic carbocycles. The fraction of sp³-hybridized carbons (Fsp3) is 0.500. The van der Waals surface area contributed by atoms with Crippen LogP contribution in [0.1, 0.15) is 20.8 Å². The average molecular weight is 264 g/mol. The van der Waals surface area contributed by atoms with Gasteiger partial charge in [-0.15, -0.1) is 0 Å². The Balaban J connectivity index is 2.48. The van der Waals surface area contributed by atoms with Crippen molar-refractivity contribution in [2.24, 2.45) is 10.7 Å². The van der Waals surface area contributed by atoms with E-state index in [2.05, 4.69) is 36.4 Å². The number of rotatable bonds is 5. The Bertz CT molecular complexity index is 424. The van der Waals surface area contributed by atoms with Gasteiger partial charge in [0.05, 0.1) is 19.3 Å². The molecule has 0 aliphatic carbocycles. The summed E-state index contributed by atoms with van der Waals surface area (Å²) in [6, 6.07) is 7.59. The second kappa shape index (κ2) is 6.99. The molecule has 0 spiro atoms. The molecule has 106 valence electrons. The van der Waals surface area contributed by atoms with Crippen LogP contribution in [0.25, 0.3) is 0 Å². The summed E-state index contributed by atoms with van der Waals surface area (Å²) >= 11 is 0. The number of aliphatic imine (C=N–C) groups is 1. The number of nitrogens with two attached hydrogens (primary N) is 1. The number of nitrogens with zero attached hydrogens (tertiary/aromatic N) is 1. The lowest BCUT2D eigenvalue weighted by molar-refractivity contribution is 0.417. The highest BCUT2D eigenvalue weighted by Crippen LogP contribution is 2.22. The molecule has 0 amide bonds. The Morgan fingerprint density at radius 1 is 1.32 bits per heavy atom. The molecule has 1 aromatic rings. The summed E-state index contributed by atoms with van der Waals surface area (Å²) in [4.78, 5) is 4.26. The van der Waals surface area contributed by atoms with Gasteiger partial charge < -0.3 is 21.1 Å². The standard InChI is InChI=1S/C14H24N4O/c1-14(2,3)17-10-9-16-13(15)18-11-7-5-6-8-12(11)19-4/h5-8,17H,9-10H2,1-4H3,(H3,15,16,18). The van der Waals surface area contributed by atoms with Crippen LogP contribution in [0.2, 0.25) is 0 Å². The van der Waals surface area contributed by atoms with Crippen LogP contribution in [0.3, 0.4) is 0 Å². The van der Waals surface area contributed by atoms with Crippen molar-refractivity contribution < 1.29 is 4.74 Å². The molecule has 0 bridgehead atoms. The van der Waals surface area contributed by atoms with Gasteiger partial charge in [0.1, 0.15) is 5.75 Å². The number of para-hydroxylation sites is 2. The lowest BCUT2D eigenvalue weighted by Crippen LogP contribution is -2.37. The minimum atomic E-state index is 0.0976. The van der Waals surface area contributed by atoms with E-state index in [9.17, 15) is 0 Å². The maximum absolute atomic E-state index is 5.83. The molecular weight excluding hydrogens is 240 g/mol. The summed E-state index contributed by atoms with van der Waals surface area (Å²) in [6.45, 7) is 7.77. The van der Waals surface area contributed by atoms with E-state index in [4.69, 9.17) is 10.5 Å². The molecule has 0 radical (unpaired) electrons. The molecule has 0 aliphatic heterocycles. The average Bonchev–Trinajstić information content (AvgIpc) is 2.34. The van der Waals surface area contributed by atoms with E-state index in [1.54, 1.807) is 7.11 Å². The fourth-order valence-corrected chi connectivity index (χ4v) is 1.53. The smallest absolute Gasteiger partial charge is 0.193 e. The van der Waals surface area contributed by atoms with Crippen LogP contribution >= 0.6 is 0 Å². The lowest BCUT2D eigenvalue weighted by atomic mass is 10.1. The molecule has 4 N–H and O–H groups in total. The van der Waals surface area contributed by atoms with Crippen molar-refractivity contribution in [2.75, 3.05) is 25.5 Å². The van der Waals surface area contributed by atoms with Crippen LogP contribution in [0.5, 0.6) is 5.75 Å². The third-order valence-corrected chi connectivity index (χ3v) is 2.42. The van der Waals surface area contributed by atoms with Crippen molar-refractivity contribution >= 4 is 11.6 Å². The van der Waals surface area contributed by atoms with Gasteiger partial charge in [-0.25, -0.2) is 0 Å². The summed E-state index contributed by atoms with van der Waals surface area (Å²) in [6.07, 6.45) is 0. The van der Waals surface area contributed by atoms with Gasteiger partial charge >= 0.3 is 0 Å². The second-order valence-electron chi connectivity index (χ2n) is 5.27. The molecule has 0 fully saturated rings. The Labute approximate surface area is 115 Å². The van der Waals surface area contributed by atoms with Gasteiger partial charge in [0, 0.05) is 12.1 Å². The molecule has 5 heteroatoms. The Morgan fingerprint density at radius 2 is 2.00 bits per heavy atom. The molecule has 0 aromatic heterocycles. The number of hydrogen-bond acceptors (Lipinski definition) is 3. The van der Waals surface area contributed by atoms with Gasteiger partial charge in [-0.2, -0.15) is 0 Å². The summed E-state index contributed by atoms with van der Waals surface area (Å²) < 4.78 is 5.23. The largest absolute Gasteiger partial charge is 0.495 e. The van der Waals surface area contributed by atoms with Gasteiger partial charge in [0.2, 0.25) is 0 Å². The third-order valence-electron chi connectivity index (χ3n) is 2.42. The minimum absolute atomic E-state index is 0.0976. The highest BCUT2D eigenvalue weighted by molar-refractivity contribution is 5.93. The molecule has 0 saturated carbocycles. The van der Waals surface area contributed by atoms with Crippen molar-refractivity contribution in [3.8, 4) is 5.75 Å². The van der Waals surface area contributed by atoms with E-state index in [0.29, 0.717) is 12.5 Å².